The molecule has 2 amide bonds. The van der Waals surface area contributed by atoms with E-state index in [2.05, 4.69) is 47.8 Å². The normalized spacial score (nSPS) is 12.5. The topological polar surface area (TPSA) is 345 Å². The van der Waals surface area contributed by atoms with Crippen molar-refractivity contribution < 1.29 is 105 Å². The van der Waals surface area contributed by atoms with Crippen molar-refractivity contribution in [3.63, 3.8) is 0 Å². The second-order valence-corrected chi connectivity index (χ2v) is 25.0. The Morgan fingerprint density at radius 3 is 1.04 bits per heavy atom. The van der Waals surface area contributed by atoms with E-state index in [0.717, 1.165) is 45.4 Å². The number of aliphatic carboxylic acids is 1. The number of nitrogens with zero attached hydrogens (tertiary/aromatic N) is 2. The van der Waals surface area contributed by atoms with E-state index in [1.807, 2.05) is 0 Å². The quantitative estimate of drug-likeness (QED) is 0.0188. The average Bonchev–Trinajstić information content (AvgIpc) is 2.56. The maximum Gasteiger partial charge on any atom is 0.305 e. The van der Waals surface area contributed by atoms with Crippen molar-refractivity contribution in [2.45, 2.75) is 258 Å². The van der Waals surface area contributed by atoms with E-state index >= 15 is 0 Å². The number of phosphoric ester groups is 2. The lowest BCUT2D eigenvalue weighted by atomic mass is 10.0. The summed E-state index contributed by atoms with van der Waals surface area (Å²) < 4.78 is 62.8. The van der Waals surface area contributed by atoms with Crippen LogP contribution in [0.2, 0.25) is 0 Å². The Kier molecular flexibility index (Phi) is 62.8. The van der Waals surface area contributed by atoms with Gasteiger partial charge in [-0.15, -0.1) is 25.7 Å². The van der Waals surface area contributed by atoms with Gasteiger partial charge < -0.3 is 67.5 Å². The molecule has 0 aromatic heterocycles. The number of esters is 4. The molecule has 0 fully saturated rings. The van der Waals surface area contributed by atoms with Crippen molar-refractivity contribution in [3.8, 4) is 49.4 Å². The van der Waals surface area contributed by atoms with Crippen molar-refractivity contribution in [2.75, 3.05) is 72.4 Å². The maximum atomic E-state index is 12.1. The standard InChI is InChI=1S/C34H56NO10P.C23H46NO8P.C10H11NO3/c1-5-8-9-10-11-12-13-14-15-16-17-18-19-22-34(39)42-28-32(45-30(4)36)29-44-46(40,41)43-27-20-21-31(37)23-24-33(38)35(25-6-2)26-7-3;1-3-4-5-6-7-8-9-10-11-12-13-14-15-16-23(26)29-19-22(32-21(2)25)20-31-33(27,28)30-18-17-24;1-3-7-11(8-4-2)9(12)5-6-10(13)14/h2-3,32H,5,8-29H2,1,4H3,(H,40,41);22H,3-20,24H2,1-2H3,(H,27,28);1-2H,5-8H2,(H,13,14)/p-1/t32-;22-;/m11./s1. The summed E-state index contributed by atoms with van der Waals surface area (Å²) in [5.74, 6) is 5.09. The van der Waals surface area contributed by atoms with Gasteiger partial charge in [-0.05, 0) is 19.3 Å². The van der Waals surface area contributed by atoms with Crippen LogP contribution < -0.4 is 15.5 Å². The van der Waals surface area contributed by atoms with Crippen LogP contribution in [0.1, 0.15) is 246 Å². The van der Waals surface area contributed by atoms with E-state index in [4.69, 9.17) is 63.3 Å². The predicted octanol–water partition coefficient (Wildman–Crippen LogP) is 9.30. The molecule has 0 aromatic carbocycles. The first-order valence-electron chi connectivity index (χ1n) is 33.1. The molecule has 0 saturated carbocycles. The van der Waals surface area contributed by atoms with Gasteiger partial charge in [0.2, 0.25) is 11.8 Å². The molecule has 26 heteroatoms. The second kappa shape index (κ2) is 63.8. The fourth-order valence-corrected chi connectivity index (χ4v) is 10.2. The van der Waals surface area contributed by atoms with Crippen LogP contribution in [0.25, 0.3) is 0 Å². The molecule has 0 radical (unpaired) electrons. The highest BCUT2D eigenvalue weighted by Gasteiger charge is 2.22. The molecule has 4 N–H and O–H groups in total. The zero-order valence-corrected chi connectivity index (χ0v) is 58.2. The molecule has 0 saturated heterocycles. The Morgan fingerprint density at radius 2 is 0.742 bits per heavy atom. The number of hydrogen-bond acceptors (Lipinski definition) is 20. The molecule has 2 unspecified atom stereocenters. The minimum Gasteiger partial charge on any atom is -0.756 e. The highest BCUT2D eigenvalue weighted by molar-refractivity contribution is 7.46. The van der Waals surface area contributed by atoms with Crippen molar-refractivity contribution in [3.05, 3.63) is 0 Å². The predicted molar refractivity (Wildman–Crippen MR) is 349 cm³/mol. The molecule has 0 rings (SSSR count). The average molecular weight is 1360 g/mol. The number of hydrogen-bond donors (Lipinski definition) is 2. The Labute approximate surface area is 555 Å². The van der Waals surface area contributed by atoms with Crippen LogP contribution in [0, 0.1) is 49.4 Å². The smallest absolute Gasteiger partial charge is 0.305 e. The SMILES string of the molecule is C#CCN(CC#C)C(=O)CCC(=O)CCCOP(=O)([O-])OC[C@@H](COC(=O)CCCCCCCCCCCCCCC)OC(C)=O.C#CCN(CC#C)C(=O)CCC(=O)O.CCCCCCCCCCCCCCCC(=O)OC[C@H](COP(=O)([O-])OCC[NH3+])OC(C)=O. The number of ether oxygens (including phenoxy) is 4. The molecule has 0 aliphatic carbocycles. The van der Waals surface area contributed by atoms with Crippen LogP contribution in [0.15, 0.2) is 0 Å². The largest absolute Gasteiger partial charge is 0.756 e. The van der Waals surface area contributed by atoms with Crippen LogP contribution >= 0.6 is 15.6 Å². The van der Waals surface area contributed by atoms with Gasteiger partial charge in [-0.2, -0.15) is 0 Å². The van der Waals surface area contributed by atoms with Crippen LogP contribution in [0.5, 0.6) is 0 Å². The van der Waals surface area contributed by atoms with E-state index in [0.29, 0.717) is 6.42 Å². The molecule has 93 heavy (non-hydrogen) atoms. The Bertz CT molecular complexity index is 2280. The molecule has 0 spiro atoms. The van der Waals surface area contributed by atoms with Crippen molar-refractivity contribution in [2.24, 2.45) is 0 Å². The highest BCUT2D eigenvalue weighted by atomic mass is 31.2. The number of carbonyl (C=O) groups excluding carboxylic acids is 7. The molecule has 532 valence electrons. The molecule has 0 bridgehead atoms. The van der Waals surface area contributed by atoms with Gasteiger partial charge in [-0.25, -0.2) is 0 Å². The number of carboxylic acids is 1. The summed E-state index contributed by atoms with van der Waals surface area (Å²) in [4.78, 5) is 119. The summed E-state index contributed by atoms with van der Waals surface area (Å²) in [5.41, 5.74) is 3.47. The molecule has 4 atom stereocenters. The summed E-state index contributed by atoms with van der Waals surface area (Å²) >= 11 is 0. The van der Waals surface area contributed by atoms with E-state index in [-0.39, 0.29) is 128 Å². The Hall–Kier alpha value is -5.62. The van der Waals surface area contributed by atoms with Gasteiger partial charge in [0.05, 0.1) is 59.0 Å². The van der Waals surface area contributed by atoms with Crippen LogP contribution in [-0.4, -0.2) is 147 Å². The van der Waals surface area contributed by atoms with E-state index in [9.17, 15) is 57.3 Å². The summed E-state index contributed by atoms with van der Waals surface area (Å²) in [6.45, 7) is 5.23. The summed E-state index contributed by atoms with van der Waals surface area (Å²) in [5, 5.41) is 8.35. The minimum atomic E-state index is -4.79. The van der Waals surface area contributed by atoms with Gasteiger partial charge >= 0.3 is 29.8 Å². The van der Waals surface area contributed by atoms with Gasteiger partial charge in [-0.1, -0.05) is 192 Å². The number of quaternary nitrogens is 1. The first-order valence-corrected chi connectivity index (χ1v) is 36.1. The summed E-state index contributed by atoms with van der Waals surface area (Å²) in [7, 11) is -9.31. The van der Waals surface area contributed by atoms with E-state index in [1.54, 1.807) is 0 Å². The molecule has 24 nitrogen and oxygen atoms in total. The highest BCUT2D eigenvalue weighted by Crippen LogP contribution is 2.39. The van der Waals surface area contributed by atoms with Gasteiger partial charge in [0.15, 0.2) is 12.2 Å². The first kappa shape index (κ1) is 91.6. The number of terminal acetylenes is 4. The van der Waals surface area contributed by atoms with Crippen molar-refractivity contribution >= 4 is 63.1 Å². The lowest BCUT2D eigenvalue weighted by Gasteiger charge is -2.25. The van der Waals surface area contributed by atoms with Gasteiger partial charge in [-0.3, -0.25) is 47.5 Å². The van der Waals surface area contributed by atoms with Gasteiger partial charge in [0, 0.05) is 52.4 Å². The molecular weight excluding hydrogens is 1240 g/mol. The van der Waals surface area contributed by atoms with Crippen LogP contribution in [0.3, 0.4) is 0 Å². The molecule has 0 aliphatic heterocycles. The third kappa shape index (κ3) is 64.9. The Morgan fingerprint density at radius 1 is 0.430 bits per heavy atom. The fraction of sp³-hybridized carbons (Fsp3) is 0.761. The number of Topliss-reactive ketones (excluding diaryl/α,β-unsaturated/α-hetero) is 1. The van der Waals surface area contributed by atoms with E-state index in [1.165, 1.54) is 139 Å². The number of carbonyl (C=O) groups is 8. The maximum absolute atomic E-state index is 12.1. The number of phosphoric acid groups is 2. The molecule has 0 heterocycles. The summed E-state index contributed by atoms with van der Waals surface area (Å²) in [6.07, 6.45) is 49.9. The lowest BCUT2D eigenvalue weighted by Crippen LogP contribution is -2.52. The van der Waals surface area contributed by atoms with Gasteiger partial charge in [0.25, 0.3) is 15.6 Å². The fourth-order valence-electron chi connectivity index (χ4n) is 8.64. The van der Waals surface area contributed by atoms with Gasteiger partial charge in [0.1, 0.15) is 25.6 Å². The molecular formula is C67H112N3O21P2-. The van der Waals surface area contributed by atoms with Crippen molar-refractivity contribution in [1.82, 2.24) is 9.80 Å². The zero-order chi connectivity index (χ0) is 70.2. The number of unbranched alkanes of at least 4 members (excludes halogenated alkanes) is 24. The number of amides is 2. The molecule has 0 aliphatic rings. The monoisotopic (exact) mass is 1360 g/mol. The summed E-state index contributed by atoms with van der Waals surface area (Å²) in [6, 6.07) is 0. The van der Waals surface area contributed by atoms with Crippen molar-refractivity contribution in [1.29, 1.82) is 0 Å². The number of carboxylic acid groups (broad SMARTS) is 1. The zero-order valence-electron chi connectivity index (χ0n) is 56.4. The second-order valence-electron chi connectivity index (χ2n) is 22.2. The lowest BCUT2D eigenvalue weighted by molar-refractivity contribution is -0.373. The third-order valence-corrected chi connectivity index (χ3v) is 15.5. The number of ketones is 1. The van der Waals surface area contributed by atoms with E-state index < -0.39 is 70.9 Å². The minimum absolute atomic E-state index is 0.0111. The van der Waals surface area contributed by atoms with Crippen LogP contribution in [0.4, 0.5) is 0 Å². The first-order chi connectivity index (χ1) is 44.5. The third-order valence-electron chi connectivity index (χ3n) is 13.6. The number of rotatable bonds is 58. The Balaban J connectivity index is -0.00000149. The molecule has 0 aromatic rings. The van der Waals surface area contributed by atoms with Crippen LogP contribution in [-0.2, 0) is 84.5 Å².